The zero-order chi connectivity index (χ0) is 20.7. The molecule has 0 saturated carbocycles. The number of benzene rings is 2. The van der Waals surface area contributed by atoms with E-state index in [4.69, 9.17) is 5.26 Å². The molecular weight excluding hydrogens is 362 g/mol. The number of carbonyl (C=O) groups is 3. The van der Waals surface area contributed by atoms with Crippen LogP contribution in [0.3, 0.4) is 0 Å². The van der Waals surface area contributed by atoms with Crippen molar-refractivity contribution in [3.63, 3.8) is 0 Å². The number of nitrogens with zero attached hydrogens (tertiary/aromatic N) is 2. The van der Waals surface area contributed by atoms with Gasteiger partial charge in [0.1, 0.15) is 11.8 Å². The molecule has 1 atom stereocenters. The lowest BCUT2D eigenvalue weighted by atomic mass is 10.0. The first kappa shape index (κ1) is 20.5. The minimum atomic E-state index is -1.26. The molecule has 28 heavy (non-hydrogen) atoms. The highest BCUT2D eigenvalue weighted by Gasteiger charge is 2.27. The second-order valence-electron chi connectivity index (χ2n) is 5.93. The zero-order valence-electron chi connectivity index (χ0n) is 15.1. The number of nitrogens with one attached hydrogen (secondary N) is 1. The van der Waals surface area contributed by atoms with E-state index in [9.17, 15) is 24.6 Å². The molecule has 0 saturated heterocycles. The highest BCUT2D eigenvalue weighted by atomic mass is 16.4. The molecule has 0 radical (unpaired) electrons. The molecule has 0 aliphatic rings. The molecule has 0 heterocycles. The van der Waals surface area contributed by atoms with E-state index in [1.807, 2.05) is 0 Å². The number of hydrogen-bond donors (Lipinski definition) is 3. The molecule has 0 bridgehead atoms. The highest BCUT2D eigenvalue weighted by Crippen LogP contribution is 2.14. The summed E-state index contributed by atoms with van der Waals surface area (Å²) in [6.07, 6.45) is 1.84. The summed E-state index contributed by atoms with van der Waals surface area (Å²) in [4.78, 5) is 37.6. The summed E-state index contributed by atoms with van der Waals surface area (Å²) in [6, 6.07) is 10.6. The van der Waals surface area contributed by atoms with Crippen molar-refractivity contribution in [2.24, 2.45) is 0 Å². The number of likely N-dealkylation sites (N-methyl/N-ethyl adjacent to an activating group) is 1. The third-order valence-corrected chi connectivity index (χ3v) is 4.08. The molecule has 2 aromatic carbocycles. The van der Waals surface area contributed by atoms with Gasteiger partial charge in [0.25, 0.3) is 11.8 Å². The van der Waals surface area contributed by atoms with Gasteiger partial charge in [0.15, 0.2) is 6.19 Å². The van der Waals surface area contributed by atoms with Gasteiger partial charge in [-0.1, -0.05) is 24.3 Å². The van der Waals surface area contributed by atoms with E-state index < -0.39 is 23.8 Å². The standard InChI is InChI=1S/C20H19N3O5/c1-2-23(12-21)19(26)17(11-13-7-9-14(24)10-8-13)22-18(25)15-5-3-4-6-16(15)20(27)28/h3-10,17,24H,2,11H2,1H3,(H,22,25)(H,27,28). The van der Waals surface area contributed by atoms with Crippen LogP contribution in [0.2, 0.25) is 0 Å². The summed E-state index contributed by atoms with van der Waals surface area (Å²) >= 11 is 0. The fraction of sp³-hybridized carbons (Fsp3) is 0.200. The van der Waals surface area contributed by atoms with Crippen molar-refractivity contribution in [1.29, 1.82) is 5.26 Å². The Bertz CT molecular complexity index is 918. The van der Waals surface area contributed by atoms with E-state index in [0.29, 0.717) is 5.56 Å². The topological polar surface area (TPSA) is 131 Å². The first-order valence-electron chi connectivity index (χ1n) is 8.49. The Kier molecular flexibility index (Phi) is 6.71. The van der Waals surface area contributed by atoms with Gasteiger partial charge in [-0.3, -0.25) is 9.59 Å². The Morgan fingerprint density at radius 3 is 2.25 bits per heavy atom. The van der Waals surface area contributed by atoms with Crippen LogP contribution in [-0.2, 0) is 11.2 Å². The maximum Gasteiger partial charge on any atom is 0.336 e. The van der Waals surface area contributed by atoms with Gasteiger partial charge in [-0.15, -0.1) is 0 Å². The van der Waals surface area contributed by atoms with Gasteiger partial charge in [0.2, 0.25) is 0 Å². The smallest absolute Gasteiger partial charge is 0.336 e. The fourth-order valence-electron chi connectivity index (χ4n) is 2.64. The van der Waals surface area contributed by atoms with Gasteiger partial charge < -0.3 is 15.5 Å². The third kappa shape index (κ3) is 4.86. The minimum absolute atomic E-state index is 0.0539. The molecule has 0 fully saturated rings. The molecule has 2 amide bonds. The number of carbonyl (C=O) groups excluding carboxylic acids is 2. The lowest BCUT2D eigenvalue weighted by Gasteiger charge is -2.22. The molecule has 2 aromatic rings. The Hall–Kier alpha value is -3.86. The molecule has 0 spiro atoms. The number of amides is 2. The number of phenolic OH excluding ortho intramolecular Hbond substituents is 1. The van der Waals surface area contributed by atoms with Crippen LogP contribution in [0.5, 0.6) is 5.75 Å². The lowest BCUT2D eigenvalue weighted by Crippen LogP contribution is -2.48. The first-order valence-corrected chi connectivity index (χ1v) is 8.49. The molecule has 0 aliphatic carbocycles. The van der Waals surface area contributed by atoms with Gasteiger partial charge >= 0.3 is 5.97 Å². The van der Waals surface area contributed by atoms with E-state index in [1.54, 1.807) is 25.2 Å². The minimum Gasteiger partial charge on any atom is -0.508 e. The van der Waals surface area contributed by atoms with Crippen molar-refractivity contribution in [3.8, 4) is 11.9 Å². The first-order chi connectivity index (χ1) is 13.4. The summed E-state index contributed by atoms with van der Waals surface area (Å²) in [5.74, 6) is -2.55. The van der Waals surface area contributed by atoms with Crippen molar-refractivity contribution in [3.05, 3.63) is 65.2 Å². The molecule has 2 rings (SSSR count). The van der Waals surface area contributed by atoms with Gasteiger partial charge in [-0.05, 0) is 36.8 Å². The lowest BCUT2D eigenvalue weighted by molar-refractivity contribution is -0.130. The number of hydrogen-bond acceptors (Lipinski definition) is 5. The Morgan fingerprint density at radius 2 is 1.71 bits per heavy atom. The van der Waals surface area contributed by atoms with Crippen LogP contribution in [0.4, 0.5) is 0 Å². The molecule has 1 unspecified atom stereocenters. The number of aromatic hydroxyl groups is 1. The second kappa shape index (κ2) is 9.19. The largest absolute Gasteiger partial charge is 0.508 e. The maximum absolute atomic E-state index is 12.7. The van der Waals surface area contributed by atoms with Crippen LogP contribution in [-0.4, -0.2) is 45.5 Å². The molecule has 0 aliphatic heterocycles. The fourth-order valence-corrected chi connectivity index (χ4v) is 2.64. The normalized spacial score (nSPS) is 11.1. The number of nitriles is 1. The quantitative estimate of drug-likeness (QED) is 0.495. The molecule has 144 valence electrons. The van der Waals surface area contributed by atoms with Gasteiger partial charge in [-0.2, -0.15) is 5.26 Å². The maximum atomic E-state index is 12.7. The molecule has 8 nitrogen and oxygen atoms in total. The number of phenols is 1. The average molecular weight is 381 g/mol. The van der Waals surface area contributed by atoms with Crippen LogP contribution in [0.1, 0.15) is 33.2 Å². The van der Waals surface area contributed by atoms with Gasteiger partial charge in [0.05, 0.1) is 11.1 Å². The van der Waals surface area contributed by atoms with Crippen molar-refractivity contribution in [2.75, 3.05) is 6.54 Å². The summed E-state index contributed by atoms with van der Waals surface area (Å²) in [5, 5.41) is 30.3. The van der Waals surface area contributed by atoms with Gasteiger partial charge in [0, 0.05) is 13.0 Å². The number of carboxylic acid groups (broad SMARTS) is 1. The Balaban J connectivity index is 2.32. The van der Waals surface area contributed by atoms with Crippen LogP contribution in [0.25, 0.3) is 0 Å². The van der Waals surface area contributed by atoms with Crippen LogP contribution in [0, 0.1) is 11.5 Å². The number of carboxylic acids is 1. The zero-order valence-corrected chi connectivity index (χ0v) is 15.1. The highest BCUT2D eigenvalue weighted by molar-refractivity contribution is 6.06. The third-order valence-electron chi connectivity index (χ3n) is 4.08. The van der Waals surface area contributed by atoms with E-state index in [0.717, 1.165) is 4.90 Å². The molecular formula is C20H19N3O5. The summed E-state index contributed by atoms with van der Waals surface area (Å²) < 4.78 is 0. The van der Waals surface area contributed by atoms with Gasteiger partial charge in [-0.25, -0.2) is 9.69 Å². The molecule has 0 aromatic heterocycles. The van der Waals surface area contributed by atoms with E-state index in [2.05, 4.69) is 5.32 Å². The monoisotopic (exact) mass is 381 g/mol. The van der Waals surface area contributed by atoms with Crippen molar-refractivity contribution < 1.29 is 24.6 Å². The Morgan fingerprint density at radius 1 is 1.11 bits per heavy atom. The predicted molar refractivity (Wildman–Crippen MR) is 99.5 cm³/mol. The van der Waals surface area contributed by atoms with Crippen molar-refractivity contribution in [2.45, 2.75) is 19.4 Å². The number of aromatic carboxylic acids is 1. The molecule has 8 heteroatoms. The summed E-state index contributed by atoms with van der Waals surface area (Å²) in [7, 11) is 0. The predicted octanol–water partition coefficient (Wildman–Crippen LogP) is 1.76. The van der Waals surface area contributed by atoms with E-state index in [1.165, 1.54) is 36.4 Å². The second-order valence-corrected chi connectivity index (χ2v) is 5.93. The summed E-state index contributed by atoms with van der Waals surface area (Å²) in [5.41, 5.74) is 0.374. The van der Waals surface area contributed by atoms with Crippen molar-refractivity contribution >= 4 is 17.8 Å². The van der Waals surface area contributed by atoms with Crippen LogP contribution >= 0.6 is 0 Å². The van der Waals surface area contributed by atoms with E-state index >= 15 is 0 Å². The van der Waals surface area contributed by atoms with E-state index in [-0.39, 0.29) is 29.8 Å². The summed E-state index contributed by atoms with van der Waals surface area (Å²) in [6.45, 7) is 1.75. The van der Waals surface area contributed by atoms with Crippen molar-refractivity contribution in [1.82, 2.24) is 10.2 Å². The Labute approximate surface area is 161 Å². The van der Waals surface area contributed by atoms with Crippen LogP contribution in [0.15, 0.2) is 48.5 Å². The number of rotatable bonds is 7. The SMILES string of the molecule is CCN(C#N)C(=O)C(Cc1ccc(O)cc1)NC(=O)c1ccccc1C(=O)O. The molecule has 3 N–H and O–H groups in total. The van der Waals surface area contributed by atoms with Crippen LogP contribution < -0.4 is 5.32 Å². The average Bonchev–Trinajstić information content (AvgIpc) is 2.69.